The van der Waals surface area contributed by atoms with Crippen molar-refractivity contribution in [2.24, 2.45) is 0 Å². The smallest absolute Gasteiger partial charge is 0.0166 e. The van der Waals surface area contributed by atoms with Gasteiger partial charge in [-0.2, -0.15) is 0 Å². The third-order valence-electron chi connectivity index (χ3n) is 1.97. The third kappa shape index (κ3) is 4.06. The van der Waals surface area contributed by atoms with Gasteiger partial charge < -0.3 is 0 Å². The van der Waals surface area contributed by atoms with Crippen molar-refractivity contribution in [1.29, 1.82) is 0 Å². The maximum atomic E-state index is 3.70. The maximum Gasteiger partial charge on any atom is 0.0166 e. The molecule has 0 aliphatic carbocycles. The van der Waals surface area contributed by atoms with Gasteiger partial charge in [-0.25, -0.2) is 0 Å². The van der Waals surface area contributed by atoms with Crippen LogP contribution >= 0.6 is 0 Å². The van der Waals surface area contributed by atoms with Crippen molar-refractivity contribution in [3.05, 3.63) is 54.6 Å². The SMILES string of the molecule is C=CCN(C)C/C=C/c1ccccc1. The first-order valence-electron chi connectivity index (χ1n) is 4.84. The van der Waals surface area contributed by atoms with Gasteiger partial charge >= 0.3 is 0 Å². The number of likely N-dealkylation sites (N-methyl/N-ethyl adjacent to an activating group) is 1. The molecule has 0 N–H and O–H groups in total. The van der Waals surface area contributed by atoms with E-state index in [1.165, 1.54) is 5.56 Å². The molecule has 0 bridgehead atoms. The molecular formula is C13H17N. The van der Waals surface area contributed by atoms with Crippen LogP contribution in [0.2, 0.25) is 0 Å². The van der Waals surface area contributed by atoms with Crippen LogP contribution in [-0.2, 0) is 0 Å². The number of hydrogen-bond donors (Lipinski definition) is 0. The third-order valence-corrected chi connectivity index (χ3v) is 1.97. The van der Waals surface area contributed by atoms with E-state index in [0.29, 0.717) is 0 Å². The van der Waals surface area contributed by atoms with Crippen molar-refractivity contribution in [3.63, 3.8) is 0 Å². The summed E-state index contributed by atoms with van der Waals surface area (Å²) in [5, 5.41) is 0. The molecule has 0 atom stereocenters. The van der Waals surface area contributed by atoms with E-state index in [4.69, 9.17) is 0 Å². The molecule has 0 saturated carbocycles. The molecule has 0 aliphatic heterocycles. The Kier molecular flexibility index (Phi) is 4.73. The van der Waals surface area contributed by atoms with Crippen LogP contribution < -0.4 is 0 Å². The molecule has 1 nitrogen and oxygen atoms in total. The standard InChI is InChI=1S/C13H17N/c1-3-11-14(2)12-7-10-13-8-5-4-6-9-13/h3-10H,1,11-12H2,2H3/b10-7+. The quantitative estimate of drug-likeness (QED) is 0.641. The minimum Gasteiger partial charge on any atom is -0.299 e. The highest BCUT2D eigenvalue weighted by molar-refractivity contribution is 5.48. The Hall–Kier alpha value is -1.34. The molecule has 1 aromatic rings. The van der Waals surface area contributed by atoms with Crippen LogP contribution in [-0.4, -0.2) is 25.0 Å². The van der Waals surface area contributed by atoms with E-state index in [-0.39, 0.29) is 0 Å². The number of benzene rings is 1. The maximum absolute atomic E-state index is 3.70. The molecule has 0 aliphatic rings. The molecule has 0 heterocycles. The van der Waals surface area contributed by atoms with Crippen LogP contribution in [0.25, 0.3) is 6.08 Å². The van der Waals surface area contributed by atoms with Crippen LogP contribution in [0, 0.1) is 0 Å². The van der Waals surface area contributed by atoms with Crippen LogP contribution in [0.15, 0.2) is 49.1 Å². The van der Waals surface area contributed by atoms with Gasteiger partial charge in [-0.1, -0.05) is 48.6 Å². The second kappa shape index (κ2) is 6.17. The predicted molar refractivity (Wildman–Crippen MR) is 63.2 cm³/mol. The molecule has 0 fully saturated rings. The Morgan fingerprint density at radius 1 is 1.21 bits per heavy atom. The van der Waals surface area contributed by atoms with Crippen LogP contribution in [0.5, 0.6) is 0 Å². The van der Waals surface area contributed by atoms with Crippen molar-refractivity contribution < 1.29 is 0 Å². The molecular weight excluding hydrogens is 170 g/mol. The highest BCUT2D eigenvalue weighted by Crippen LogP contribution is 2.00. The van der Waals surface area contributed by atoms with Gasteiger partial charge in [0.2, 0.25) is 0 Å². The van der Waals surface area contributed by atoms with Crippen LogP contribution in [0.1, 0.15) is 5.56 Å². The highest BCUT2D eigenvalue weighted by atomic mass is 15.1. The van der Waals surface area contributed by atoms with Gasteiger partial charge in [-0.15, -0.1) is 6.58 Å². The van der Waals surface area contributed by atoms with Crippen molar-refractivity contribution in [3.8, 4) is 0 Å². The van der Waals surface area contributed by atoms with Crippen molar-refractivity contribution in [2.75, 3.05) is 20.1 Å². The lowest BCUT2D eigenvalue weighted by molar-refractivity contribution is 0.413. The molecule has 74 valence electrons. The van der Waals surface area contributed by atoms with E-state index in [9.17, 15) is 0 Å². The summed E-state index contributed by atoms with van der Waals surface area (Å²) in [6.07, 6.45) is 6.22. The summed E-state index contributed by atoms with van der Waals surface area (Å²) in [4.78, 5) is 2.20. The van der Waals surface area contributed by atoms with Crippen molar-refractivity contribution >= 4 is 6.08 Å². The minimum atomic E-state index is 0.930. The predicted octanol–water partition coefficient (Wildman–Crippen LogP) is 2.82. The van der Waals surface area contributed by atoms with Gasteiger partial charge in [0, 0.05) is 13.1 Å². The normalized spacial score (nSPS) is 11.0. The van der Waals surface area contributed by atoms with Crippen molar-refractivity contribution in [1.82, 2.24) is 4.90 Å². The van der Waals surface area contributed by atoms with Crippen molar-refractivity contribution in [2.45, 2.75) is 0 Å². The zero-order valence-corrected chi connectivity index (χ0v) is 8.69. The second-order valence-electron chi connectivity index (χ2n) is 3.32. The van der Waals surface area contributed by atoms with Gasteiger partial charge in [-0.3, -0.25) is 4.90 Å². The lowest BCUT2D eigenvalue weighted by atomic mass is 10.2. The van der Waals surface area contributed by atoms with E-state index >= 15 is 0 Å². The lowest BCUT2D eigenvalue weighted by Gasteiger charge is -2.09. The molecule has 0 unspecified atom stereocenters. The first-order valence-corrected chi connectivity index (χ1v) is 4.84. The molecule has 1 aromatic carbocycles. The molecule has 1 rings (SSSR count). The zero-order valence-electron chi connectivity index (χ0n) is 8.69. The number of hydrogen-bond acceptors (Lipinski definition) is 1. The largest absolute Gasteiger partial charge is 0.299 e. The Bertz CT molecular complexity index is 287. The second-order valence-corrected chi connectivity index (χ2v) is 3.32. The van der Waals surface area contributed by atoms with E-state index < -0.39 is 0 Å². The average Bonchev–Trinajstić information content (AvgIpc) is 2.20. The van der Waals surface area contributed by atoms with Crippen LogP contribution in [0.4, 0.5) is 0 Å². The first-order chi connectivity index (χ1) is 6.83. The fourth-order valence-electron chi connectivity index (χ4n) is 1.23. The molecule has 0 amide bonds. The Labute approximate surface area is 86.4 Å². The lowest BCUT2D eigenvalue weighted by Crippen LogP contribution is -2.17. The van der Waals surface area contributed by atoms with E-state index in [1.54, 1.807) is 0 Å². The molecule has 1 heteroatoms. The first kappa shape index (κ1) is 10.7. The summed E-state index contributed by atoms with van der Waals surface area (Å²) in [5.41, 5.74) is 1.25. The Morgan fingerprint density at radius 3 is 2.57 bits per heavy atom. The fourth-order valence-corrected chi connectivity index (χ4v) is 1.23. The van der Waals surface area contributed by atoms with Gasteiger partial charge in [0.15, 0.2) is 0 Å². The summed E-state index contributed by atoms with van der Waals surface area (Å²) < 4.78 is 0. The zero-order chi connectivity index (χ0) is 10.2. The van der Waals surface area contributed by atoms with Gasteiger partial charge in [-0.05, 0) is 12.6 Å². The molecule has 0 spiro atoms. The molecule has 0 saturated heterocycles. The summed E-state index contributed by atoms with van der Waals surface area (Å²) in [5.74, 6) is 0. The van der Waals surface area contributed by atoms with E-state index in [2.05, 4.69) is 42.8 Å². The Morgan fingerprint density at radius 2 is 1.93 bits per heavy atom. The molecule has 0 aromatic heterocycles. The summed E-state index contributed by atoms with van der Waals surface area (Å²) >= 11 is 0. The number of rotatable bonds is 5. The Balaban J connectivity index is 2.37. The molecule has 14 heavy (non-hydrogen) atoms. The molecule has 0 radical (unpaired) electrons. The summed E-state index contributed by atoms with van der Waals surface area (Å²) in [7, 11) is 2.08. The fraction of sp³-hybridized carbons (Fsp3) is 0.231. The highest BCUT2D eigenvalue weighted by Gasteiger charge is 1.89. The van der Waals surface area contributed by atoms with Crippen LogP contribution in [0.3, 0.4) is 0 Å². The number of nitrogens with zero attached hydrogens (tertiary/aromatic N) is 1. The monoisotopic (exact) mass is 187 g/mol. The summed E-state index contributed by atoms with van der Waals surface area (Å²) in [6, 6.07) is 10.3. The summed E-state index contributed by atoms with van der Waals surface area (Å²) in [6.45, 7) is 5.59. The van der Waals surface area contributed by atoms with E-state index in [1.807, 2.05) is 24.3 Å². The topological polar surface area (TPSA) is 3.24 Å². The van der Waals surface area contributed by atoms with E-state index in [0.717, 1.165) is 13.1 Å². The van der Waals surface area contributed by atoms with Gasteiger partial charge in [0.25, 0.3) is 0 Å². The average molecular weight is 187 g/mol. The van der Waals surface area contributed by atoms with Gasteiger partial charge in [0.1, 0.15) is 0 Å². The van der Waals surface area contributed by atoms with Gasteiger partial charge in [0.05, 0.1) is 0 Å². The minimum absolute atomic E-state index is 0.930.